The molecule has 1 fully saturated rings. The summed E-state index contributed by atoms with van der Waals surface area (Å²) in [6.07, 6.45) is -3.56. The van der Waals surface area contributed by atoms with E-state index in [-0.39, 0.29) is 18.2 Å². The number of aliphatic hydroxyl groups excluding tert-OH is 1. The van der Waals surface area contributed by atoms with Crippen molar-refractivity contribution in [2.75, 3.05) is 18.4 Å². The van der Waals surface area contributed by atoms with Crippen molar-refractivity contribution in [3.8, 4) is 0 Å². The van der Waals surface area contributed by atoms with Crippen LogP contribution in [0.15, 0.2) is 24.3 Å². The first kappa shape index (κ1) is 18.3. The van der Waals surface area contributed by atoms with E-state index in [4.69, 9.17) is 0 Å². The SMILES string of the molecule is CC(O)C1CCCN(C(=O)C(=O)Nc2ccc(C(F)(F)F)cc2)C1. The fourth-order valence-corrected chi connectivity index (χ4v) is 2.66. The number of alkyl halides is 3. The number of piperidine rings is 1. The highest BCUT2D eigenvalue weighted by atomic mass is 19.4. The molecule has 1 aliphatic heterocycles. The predicted molar refractivity (Wildman–Crippen MR) is 81.1 cm³/mol. The van der Waals surface area contributed by atoms with Gasteiger partial charge in [0.1, 0.15) is 0 Å². The number of likely N-dealkylation sites (tertiary alicyclic amines) is 1. The van der Waals surface area contributed by atoms with Gasteiger partial charge < -0.3 is 15.3 Å². The average Bonchev–Trinajstić information content (AvgIpc) is 2.53. The quantitative estimate of drug-likeness (QED) is 0.809. The second-order valence-corrected chi connectivity index (χ2v) is 5.92. The Balaban J connectivity index is 1.97. The molecule has 0 aromatic heterocycles. The zero-order chi connectivity index (χ0) is 17.9. The predicted octanol–water partition coefficient (Wildman–Crippen LogP) is 2.26. The summed E-state index contributed by atoms with van der Waals surface area (Å²) >= 11 is 0. The maximum Gasteiger partial charge on any atom is 0.416 e. The lowest BCUT2D eigenvalue weighted by Crippen LogP contribution is -2.47. The van der Waals surface area contributed by atoms with Gasteiger partial charge in [-0.2, -0.15) is 13.2 Å². The van der Waals surface area contributed by atoms with Crippen LogP contribution >= 0.6 is 0 Å². The van der Waals surface area contributed by atoms with Crippen molar-refractivity contribution in [3.63, 3.8) is 0 Å². The van der Waals surface area contributed by atoms with Crippen molar-refractivity contribution in [1.82, 2.24) is 4.90 Å². The van der Waals surface area contributed by atoms with Crippen molar-refractivity contribution < 1.29 is 27.9 Å². The second kappa shape index (κ2) is 7.21. The minimum atomic E-state index is -4.46. The molecule has 24 heavy (non-hydrogen) atoms. The number of rotatable bonds is 2. The summed E-state index contributed by atoms with van der Waals surface area (Å²) in [5.74, 6) is -1.73. The van der Waals surface area contributed by atoms with Gasteiger partial charge in [-0.25, -0.2) is 0 Å². The lowest BCUT2D eigenvalue weighted by atomic mass is 9.93. The summed E-state index contributed by atoms with van der Waals surface area (Å²) in [5, 5.41) is 11.9. The highest BCUT2D eigenvalue weighted by Gasteiger charge is 2.31. The van der Waals surface area contributed by atoms with Crippen LogP contribution < -0.4 is 5.32 Å². The summed E-state index contributed by atoms with van der Waals surface area (Å²) in [6.45, 7) is 2.35. The Labute approximate surface area is 137 Å². The first-order valence-electron chi connectivity index (χ1n) is 7.64. The van der Waals surface area contributed by atoms with Gasteiger partial charge in [-0.05, 0) is 44.0 Å². The van der Waals surface area contributed by atoms with Crippen LogP contribution in [-0.4, -0.2) is 41.0 Å². The molecule has 0 bridgehead atoms. The standard InChI is InChI=1S/C16H19F3N2O3/c1-10(22)11-3-2-8-21(9-11)15(24)14(23)20-13-6-4-12(5-7-13)16(17,18)19/h4-7,10-11,22H,2-3,8-9H2,1H3,(H,20,23). The number of hydrogen-bond acceptors (Lipinski definition) is 3. The molecule has 1 aliphatic rings. The molecule has 1 heterocycles. The number of halogens is 3. The van der Waals surface area contributed by atoms with Gasteiger partial charge in [0, 0.05) is 24.7 Å². The molecule has 0 aliphatic carbocycles. The lowest BCUT2D eigenvalue weighted by Gasteiger charge is -2.33. The Morgan fingerprint density at radius 2 is 1.92 bits per heavy atom. The smallest absolute Gasteiger partial charge is 0.393 e. The number of benzene rings is 1. The molecule has 0 spiro atoms. The molecule has 2 unspecified atom stereocenters. The van der Waals surface area contributed by atoms with Crippen LogP contribution in [0.5, 0.6) is 0 Å². The van der Waals surface area contributed by atoms with Crippen LogP contribution in [0.1, 0.15) is 25.3 Å². The number of hydrogen-bond donors (Lipinski definition) is 2. The van der Waals surface area contributed by atoms with Crippen molar-refractivity contribution in [1.29, 1.82) is 0 Å². The number of carbonyl (C=O) groups excluding carboxylic acids is 2. The number of nitrogens with one attached hydrogen (secondary N) is 1. The van der Waals surface area contributed by atoms with Crippen LogP contribution in [0.25, 0.3) is 0 Å². The van der Waals surface area contributed by atoms with E-state index in [1.807, 2.05) is 0 Å². The van der Waals surface area contributed by atoms with Gasteiger partial charge in [0.05, 0.1) is 11.7 Å². The minimum Gasteiger partial charge on any atom is -0.393 e. The largest absolute Gasteiger partial charge is 0.416 e. The highest BCUT2D eigenvalue weighted by molar-refractivity contribution is 6.39. The maximum absolute atomic E-state index is 12.5. The summed E-state index contributed by atoms with van der Waals surface area (Å²) < 4.78 is 37.5. The van der Waals surface area contributed by atoms with E-state index < -0.39 is 29.7 Å². The Morgan fingerprint density at radius 3 is 2.46 bits per heavy atom. The summed E-state index contributed by atoms with van der Waals surface area (Å²) in [7, 11) is 0. The van der Waals surface area contributed by atoms with E-state index in [0.29, 0.717) is 13.0 Å². The Kier molecular flexibility index (Phi) is 5.48. The molecule has 5 nitrogen and oxygen atoms in total. The van der Waals surface area contributed by atoms with E-state index >= 15 is 0 Å². The molecule has 2 N–H and O–H groups in total. The zero-order valence-electron chi connectivity index (χ0n) is 13.1. The van der Waals surface area contributed by atoms with E-state index in [9.17, 15) is 27.9 Å². The maximum atomic E-state index is 12.5. The monoisotopic (exact) mass is 344 g/mol. The van der Waals surface area contributed by atoms with Gasteiger partial charge in [-0.15, -0.1) is 0 Å². The molecule has 0 saturated carbocycles. The Bertz CT molecular complexity index is 600. The third kappa shape index (κ3) is 4.47. The second-order valence-electron chi connectivity index (χ2n) is 5.92. The van der Waals surface area contributed by atoms with Gasteiger partial charge in [-0.3, -0.25) is 9.59 Å². The molecule has 2 rings (SSSR count). The molecule has 1 saturated heterocycles. The van der Waals surface area contributed by atoms with Crippen LogP contribution in [0.2, 0.25) is 0 Å². The van der Waals surface area contributed by atoms with Crippen molar-refractivity contribution in [2.24, 2.45) is 5.92 Å². The van der Waals surface area contributed by atoms with Gasteiger partial charge in [0.25, 0.3) is 0 Å². The third-order valence-corrected chi connectivity index (χ3v) is 4.09. The van der Waals surface area contributed by atoms with Crippen LogP contribution in [0.4, 0.5) is 18.9 Å². The molecule has 132 valence electrons. The zero-order valence-corrected chi connectivity index (χ0v) is 13.1. The number of amides is 2. The number of nitrogens with zero attached hydrogens (tertiary/aromatic N) is 1. The fourth-order valence-electron chi connectivity index (χ4n) is 2.66. The van der Waals surface area contributed by atoms with Gasteiger partial charge in [0.15, 0.2) is 0 Å². The molecule has 1 aromatic carbocycles. The van der Waals surface area contributed by atoms with Crippen molar-refractivity contribution in [3.05, 3.63) is 29.8 Å². The van der Waals surface area contributed by atoms with Crippen molar-refractivity contribution >= 4 is 17.5 Å². The minimum absolute atomic E-state index is 0.0819. The summed E-state index contributed by atoms with van der Waals surface area (Å²) in [5.41, 5.74) is -0.715. The highest BCUT2D eigenvalue weighted by Crippen LogP contribution is 2.29. The lowest BCUT2D eigenvalue weighted by molar-refractivity contribution is -0.144. The number of aliphatic hydroxyl groups is 1. The first-order valence-corrected chi connectivity index (χ1v) is 7.64. The third-order valence-electron chi connectivity index (χ3n) is 4.09. The molecule has 8 heteroatoms. The average molecular weight is 344 g/mol. The molecule has 2 atom stereocenters. The molecule has 0 radical (unpaired) electrons. The van der Waals surface area contributed by atoms with Crippen molar-refractivity contribution in [2.45, 2.75) is 32.0 Å². The van der Waals surface area contributed by atoms with Crippen LogP contribution in [-0.2, 0) is 15.8 Å². The summed E-state index contributed by atoms with van der Waals surface area (Å²) in [4.78, 5) is 25.5. The number of carbonyl (C=O) groups is 2. The molecular formula is C16H19F3N2O3. The molecule has 1 aromatic rings. The van der Waals surface area contributed by atoms with E-state index in [2.05, 4.69) is 5.32 Å². The van der Waals surface area contributed by atoms with Crippen LogP contribution in [0.3, 0.4) is 0 Å². The van der Waals surface area contributed by atoms with Gasteiger partial charge in [0.2, 0.25) is 0 Å². The van der Waals surface area contributed by atoms with E-state index in [0.717, 1.165) is 30.7 Å². The Hall–Kier alpha value is -2.09. The molecule has 2 amide bonds. The first-order chi connectivity index (χ1) is 11.2. The topological polar surface area (TPSA) is 69.6 Å². The normalized spacial score (nSPS) is 19.7. The fraction of sp³-hybridized carbons (Fsp3) is 0.500. The van der Waals surface area contributed by atoms with E-state index in [1.165, 1.54) is 4.90 Å². The van der Waals surface area contributed by atoms with Gasteiger partial charge >= 0.3 is 18.0 Å². The Morgan fingerprint density at radius 1 is 1.29 bits per heavy atom. The molecular weight excluding hydrogens is 325 g/mol. The van der Waals surface area contributed by atoms with E-state index in [1.54, 1.807) is 6.92 Å². The van der Waals surface area contributed by atoms with Crippen LogP contribution in [0, 0.1) is 5.92 Å². The van der Waals surface area contributed by atoms with Gasteiger partial charge in [-0.1, -0.05) is 0 Å². The number of anilines is 1. The summed E-state index contributed by atoms with van der Waals surface area (Å²) in [6, 6.07) is 3.88.